The number of hydrogen-bond donors (Lipinski definition) is 0. The van der Waals surface area contributed by atoms with Gasteiger partial charge in [-0.15, -0.1) is 11.8 Å². The number of rotatable bonds is 5. The molecule has 0 atom stereocenters. The monoisotopic (exact) mass is 300 g/mol. The molecule has 1 rings (SSSR count). The molecule has 0 amide bonds. The first-order valence-corrected chi connectivity index (χ1v) is 7.94. The minimum atomic E-state index is 0.263. The van der Waals surface area contributed by atoms with Gasteiger partial charge in [-0.3, -0.25) is 0 Å². The van der Waals surface area contributed by atoms with Crippen LogP contribution < -0.4 is 0 Å². The zero-order chi connectivity index (χ0) is 12.0. The molecule has 0 aromatic heterocycles. The summed E-state index contributed by atoms with van der Waals surface area (Å²) in [6.45, 7) is 6.77. The van der Waals surface area contributed by atoms with Crippen molar-refractivity contribution in [3.63, 3.8) is 0 Å². The predicted octanol–water partition coefficient (Wildman–Crippen LogP) is 5.25. The summed E-state index contributed by atoms with van der Waals surface area (Å²) >= 11 is 5.42. The van der Waals surface area contributed by atoms with Gasteiger partial charge in [-0.2, -0.15) is 0 Å². The number of halogens is 1. The molecule has 0 heterocycles. The largest absolute Gasteiger partial charge is 0.126 e. The van der Waals surface area contributed by atoms with Crippen LogP contribution >= 0.6 is 27.7 Å². The summed E-state index contributed by atoms with van der Waals surface area (Å²) in [6, 6.07) is 9.01. The molecule has 0 aliphatic heterocycles. The lowest BCUT2D eigenvalue weighted by Crippen LogP contribution is -2.10. The van der Waals surface area contributed by atoms with E-state index in [-0.39, 0.29) is 5.41 Å². The van der Waals surface area contributed by atoms with Crippen LogP contribution in [0.3, 0.4) is 0 Å². The number of benzene rings is 1. The SMILES string of the molecule is CC(C)(C)c1ccc(SCCCCBr)cc1. The summed E-state index contributed by atoms with van der Waals surface area (Å²) in [5, 5.41) is 1.12. The molecule has 2 heteroatoms. The molecule has 16 heavy (non-hydrogen) atoms. The summed E-state index contributed by atoms with van der Waals surface area (Å²) in [5.74, 6) is 1.22. The lowest BCUT2D eigenvalue weighted by molar-refractivity contribution is 0.590. The van der Waals surface area contributed by atoms with E-state index in [1.54, 1.807) is 0 Å². The molecular formula is C14H21BrS. The summed E-state index contributed by atoms with van der Waals surface area (Å²) in [6.07, 6.45) is 2.56. The third kappa shape index (κ3) is 4.92. The molecule has 0 fully saturated rings. The maximum Gasteiger partial charge on any atom is 0.00721 e. The minimum Gasteiger partial charge on any atom is -0.126 e. The van der Waals surface area contributed by atoms with E-state index in [0.29, 0.717) is 0 Å². The van der Waals surface area contributed by atoms with Crippen molar-refractivity contribution in [2.75, 3.05) is 11.1 Å². The van der Waals surface area contributed by atoms with Gasteiger partial charge in [0.15, 0.2) is 0 Å². The topological polar surface area (TPSA) is 0 Å². The van der Waals surface area contributed by atoms with E-state index in [2.05, 4.69) is 61.0 Å². The van der Waals surface area contributed by atoms with Gasteiger partial charge in [0.2, 0.25) is 0 Å². The molecule has 0 saturated carbocycles. The zero-order valence-corrected chi connectivity index (χ0v) is 12.8. The molecule has 0 aliphatic carbocycles. The van der Waals surface area contributed by atoms with E-state index < -0.39 is 0 Å². The first-order chi connectivity index (χ1) is 7.54. The van der Waals surface area contributed by atoms with Gasteiger partial charge in [0.1, 0.15) is 0 Å². The van der Waals surface area contributed by atoms with Crippen molar-refractivity contribution in [3.8, 4) is 0 Å². The Labute approximate surface area is 112 Å². The van der Waals surface area contributed by atoms with Gasteiger partial charge >= 0.3 is 0 Å². The quantitative estimate of drug-likeness (QED) is 0.406. The van der Waals surface area contributed by atoms with Crippen molar-refractivity contribution in [1.82, 2.24) is 0 Å². The van der Waals surface area contributed by atoms with E-state index in [0.717, 1.165) is 5.33 Å². The van der Waals surface area contributed by atoms with Gasteiger partial charge in [-0.1, -0.05) is 48.8 Å². The van der Waals surface area contributed by atoms with Crippen molar-refractivity contribution in [3.05, 3.63) is 29.8 Å². The first-order valence-electron chi connectivity index (χ1n) is 5.83. The van der Waals surface area contributed by atoms with Crippen LogP contribution in [0.1, 0.15) is 39.2 Å². The molecule has 0 aliphatic rings. The molecular weight excluding hydrogens is 280 g/mol. The highest BCUT2D eigenvalue weighted by molar-refractivity contribution is 9.09. The second-order valence-electron chi connectivity index (χ2n) is 5.02. The fourth-order valence-corrected chi connectivity index (χ4v) is 2.75. The highest BCUT2D eigenvalue weighted by atomic mass is 79.9. The zero-order valence-electron chi connectivity index (χ0n) is 10.4. The lowest BCUT2D eigenvalue weighted by Gasteiger charge is -2.19. The Morgan fingerprint density at radius 3 is 2.19 bits per heavy atom. The summed E-state index contributed by atoms with van der Waals surface area (Å²) in [4.78, 5) is 1.39. The number of unbranched alkanes of at least 4 members (excludes halogenated alkanes) is 1. The van der Waals surface area contributed by atoms with Crippen molar-refractivity contribution in [2.24, 2.45) is 0 Å². The fraction of sp³-hybridized carbons (Fsp3) is 0.571. The van der Waals surface area contributed by atoms with Crippen LogP contribution in [0.25, 0.3) is 0 Å². The maximum atomic E-state index is 3.46. The van der Waals surface area contributed by atoms with Crippen LogP contribution in [0.5, 0.6) is 0 Å². The second-order valence-corrected chi connectivity index (χ2v) is 6.98. The molecule has 0 unspecified atom stereocenters. The van der Waals surface area contributed by atoms with Crippen LogP contribution in [0.4, 0.5) is 0 Å². The summed E-state index contributed by atoms with van der Waals surface area (Å²) in [7, 11) is 0. The number of alkyl halides is 1. The Morgan fingerprint density at radius 1 is 1.06 bits per heavy atom. The van der Waals surface area contributed by atoms with Crippen LogP contribution in [-0.4, -0.2) is 11.1 Å². The van der Waals surface area contributed by atoms with Crippen molar-refractivity contribution in [2.45, 2.75) is 43.9 Å². The highest BCUT2D eigenvalue weighted by Gasteiger charge is 2.12. The molecule has 90 valence electrons. The van der Waals surface area contributed by atoms with Crippen LogP contribution in [-0.2, 0) is 5.41 Å². The van der Waals surface area contributed by atoms with E-state index in [1.165, 1.54) is 29.1 Å². The molecule has 0 radical (unpaired) electrons. The van der Waals surface area contributed by atoms with Gasteiger partial charge in [-0.05, 0) is 41.7 Å². The smallest absolute Gasteiger partial charge is 0.00721 e. The van der Waals surface area contributed by atoms with Gasteiger partial charge in [0.05, 0.1) is 0 Å². The molecule has 1 aromatic rings. The Balaban J connectivity index is 2.46. The van der Waals surface area contributed by atoms with E-state index in [1.807, 2.05) is 11.8 Å². The average molecular weight is 301 g/mol. The molecule has 0 spiro atoms. The Kier molecular flexibility index (Phi) is 5.91. The first kappa shape index (κ1) is 14.1. The Morgan fingerprint density at radius 2 is 1.69 bits per heavy atom. The lowest BCUT2D eigenvalue weighted by atomic mass is 9.87. The van der Waals surface area contributed by atoms with Crippen LogP contribution in [0.15, 0.2) is 29.2 Å². The highest BCUT2D eigenvalue weighted by Crippen LogP contribution is 2.26. The molecule has 0 nitrogen and oxygen atoms in total. The van der Waals surface area contributed by atoms with Crippen molar-refractivity contribution < 1.29 is 0 Å². The second kappa shape index (κ2) is 6.70. The van der Waals surface area contributed by atoms with E-state index in [9.17, 15) is 0 Å². The summed E-state index contributed by atoms with van der Waals surface area (Å²) < 4.78 is 0. The third-order valence-electron chi connectivity index (χ3n) is 2.52. The number of thioether (sulfide) groups is 1. The van der Waals surface area contributed by atoms with Crippen LogP contribution in [0, 0.1) is 0 Å². The van der Waals surface area contributed by atoms with E-state index >= 15 is 0 Å². The van der Waals surface area contributed by atoms with E-state index in [4.69, 9.17) is 0 Å². The summed E-state index contributed by atoms with van der Waals surface area (Å²) in [5.41, 5.74) is 1.68. The fourth-order valence-electron chi connectivity index (χ4n) is 1.44. The predicted molar refractivity (Wildman–Crippen MR) is 78.9 cm³/mol. The Hall–Kier alpha value is 0.0500. The molecule has 0 bridgehead atoms. The molecule has 1 aromatic carbocycles. The van der Waals surface area contributed by atoms with Gasteiger partial charge in [-0.25, -0.2) is 0 Å². The van der Waals surface area contributed by atoms with Gasteiger partial charge < -0.3 is 0 Å². The van der Waals surface area contributed by atoms with Crippen LogP contribution in [0.2, 0.25) is 0 Å². The van der Waals surface area contributed by atoms with Crippen molar-refractivity contribution >= 4 is 27.7 Å². The van der Waals surface area contributed by atoms with Crippen molar-refractivity contribution in [1.29, 1.82) is 0 Å². The van der Waals surface area contributed by atoms with Gasteiger partial charge in [0.25, 0.3) is 0 Å². The minimum absolute atomic E-state index is 0.263. The standard InChI is InChI=1S/C14H21BrS/c1-14(2,3)12-6-8-13(9-7-12)16-11-5-4-10-15/h6-9H,4-5,10-11H2,1-3H3. The molecule has 0 N–H and O–H groups in total. The normalized spacial score (nSPS) is 11.8. The van der Waals surface area contributed by atoms with Gasteiger partial charge in [0, 0.05) is 10.2 Å². The third-order valence-corrected chi connectivity index (χ3v) is 4.18. The molecule has 0 saturated heterocycles. The maximum absolute atomic E-state index is 3.46. The number of hydrogen-bond acceptors (Lipinski definition) is 1. The average Bonchev–Trinajstić information content (AvgIpc) is 2.24. The Bertz CT molecular complexity index is 298.